The lowest BCUT2D eigenvalue weighted by Gasteiger charge is -2.07. The summed E-state index contributed by atoms with van der Waals surface area (Å²) in [6.45, 7) is -2.86. The normalized spacial score (nSPS) is 10.6. The average molecular weight is 313 g/mol. The van der Waals surface area contributed by atoms with Crippen LogP contribution in [0, 0.1) is 0 Å². The van der Waals surface area contributed by atoms with E-state index in [9.17, 15) is 13.6 Å². The molecule has 112 valence electrons. The largest absolute Gasteiger partial charge is 0.468 e. The summed E-state index contributed by atoms with van der Waals surface area (Å²) < 4.78 is 33.3. The lowest BCUT2D eigenvalue weighted by atomic mass is 10.3. The molecule has 0 fully saturated rings. The standard InChI is InChI=1S/C14H13F2NO3S/c15-14(16)20-11-5-3-10(4-6-11)17-13(18)9-21-8-12-2-1-7-19-12/h1-7,14H,8-9H2,(H,17,18). The first-order valence-electron chi connectivity index (χ1n) is 6.08. The lowest BCUT2D eigenvalue weighted by molar-refractivity contribution is -0.113. The smallest absolute Gasteiger partial charge is 0.387 e. The molecule has 1 aromatic carbocycles. The number of thioether (sulfide) groups is 1. The minimum Gasteiger partial charge on any atom is -0.468 e. The van der Waals surface area contributed by atoms with E-state index in [1.54, 1.807) is 12.3 Å². The third-order valence-electron chi connectivity index (χ3n) is 2.42. The molecule has 0 radical (unpaired) electrons. The summed E-state index contributed by atoms with van der Waals surface area (Å²) in [5, 5.41) is 2.67. The zero-order valence-corrected chi connectivity index (χ0v) is 11.7. The Morgan fingerprint density at radius 2 is 2.05 bits per heavy atom. The quantitative estimate of drug-likeness (QED) is 0.846. The Morgan fingerprint density at radius 1 is 1.29 bits per heavy atom. The minimum absolute atomic E-state index is 0.0511. The van der Waals surface area contributed by atoms with Crippen molar-refractivity contribution < 1.29 is 22.7 Å². The van der Waals surface area contributed by atoms with E-state index in [1.165, 1.54) is 36.0 Å². The molecule has 2 rings (SSSR count). The van der Waals surface area contributed by atoms with Gasteiger partial charge in [0.05, 0.1) is 17.8 Å². The molecule has 1 amide bonds. The molecule has 1 N–H and O–H groups in total. The van der Waals surface area contributed by atoms with E-state index in [2.05, 4.69) is 10.1 Å². The number of alkyl halides is 2. The Kier molecular flexibility index (Phi) is 5.62. The summed E-state index contributed by atoms with van der Waals surface area (Å²) in [4.78, 5) is 11.7. The highest BCUT2D eigenvalue weighted by Crippen LogP contribution is 2.18. The van der Waals surface area contributed by atoms with Crippen molar-refractivity contribution in [3.05, 3.63) is 48.4 Å². The fraction of sp³-hybridized carbons (Fsp3) is 0.214. The van der Waals surface area contributed by atoms with Crippen LogP contribution < -0.4 is 10.1 Å². The fourth-order valence-corrected chi connectivity index (χ4v) is 2.28. The van der Waals surface area contributed by atoms with E-state index < -0.39 is 6.61 Å². The fourth-order valence-electron chi connectivity index (χ4n) is 1.56. The number of halogens is 2. The summed E-state index contributed by atoms with van der Waals surface area (Å²) in [6.07, 6.45) is 1.58. The number of benzene rings is 1. The Morgan fingerprint density at radius 3 is 2.67 bits per heavy atom. The molecule has 0 saturated heterocycles. The van der Waals surface area contributed by atoms with Crippen LogP contribution in [-0.2, 0) is 10.5 Å². The van der Waals surface area contributed by atoms with Gasteiger partial charge in [-0.1, -0.05) is 0 Å². The second-order valence-corrected chi connectivity index (χ2v) is 5.01. The number of carbonyl (C=O) groups is 1. The van der Waals surface area contributed by atoms with Gasteiger partial charge in [-0.25, -0.2) is 0 Å². The van der Waals surface area contributed by atoms with Gasteiger partial charge in [0.15, 0.2) is 0 Å². The molecular formula is C14H13F2NO3S. The van der Waals surface area contributed by atoms with Crippen molar-refractivity contribution in [2.24, 2.45) is 0 Å². The van der Waals surface area contributed by atoms with Crippen LogP contribution >= 0.6 is 11.8 Å². The van der Waals surface area contributed by atoms with Crippen LogP contribution in [0.3, 0.4) is 0 Å². The molecule has 4 nitrogen and oxygen atoms in total. The van der Waals surface area contributed by atoms with Crippen LogP contribution in [-0.4, -0.2) is 18.3 Å². The summed E-state index contributed by atoms with van der Waals surface area (Å²) in [6, 6.07) is 9.39. The van der Waals surface area contributed by atoms with Crippen LogP contribution in [0.5, 0.6) is 5.75 Å². The van der Waals surface area contributed by atoms with E-state index in [0.29, 0.717) is 11.4 Å². The minimum atomic E-state index is -2.86. The van der Waals surface area contributed by atoms with Gasteiger partial charge in [-0.05, 0) is 36.4 Å². The van der Waals surface area contributed by atoms with Gasteiger partial charge in [-0.3, -0.25) is 4.79 Å². The van der Waals surface area contributed by atoms with Gasteiger partial charge in [0, 0.05) is 5.69 Å². The number of anilines is 1. The second kappa shape index (κ2) is 7.68. The van der Waals surface area contributed by atoms with Crippen LogP contribution in [0.15, 0.2) is 47.1 Å². The van der Waals surface area contributed by atoms with Crippen molar-refractivity contribution in [1.82, 2.24) is 0 Å². The van der Waals surface area contributed by atoms with Crippen molar-refractivity contribution in [2.75, 3.05) is 11.1 Å². The van der Waals surface area contributed by atoms with Gasteiger partial charge in [0.2, 0.25) is 5.91 Å². The monoisotopic (exact) mass is 313 g/mol. The zero-order valence-electron chi connectivity index (χ0n) is 10.9. The van der Waals surface area contributed by atoms with Gasteiger partial charge in [-0.15, -0.1) is 11.8 Å². The maximum absolute atomic E-state index is 12.0. The number of carbonyl (C=O) groups excluding carboxylic acids is 1. The molecule has 7 heteroatoms. The lowest BCUT2D eigenvalue weighted by Crippen LogP contribution is -2.14. The number of rotatable bonds is 7. The summed E-state index contributed by atoms with van der Waals surface area (Å²) in [7, 11) is 0. The number of furan rings is 1. The van der Waals surface area contributed by atoms with Crippen molar-refractivity contribution in [2.45, 2.75) is 12.4 Å². The van der Waals surface area contributed by atoms with E-state index in [4.69, 9.17) is 4.42 Å². The van der Waals surface area contributed by atoms with Gasteiger partial charge >= 0.3 is 6.61 Å². The van der Waals surface area contributed by atoms with Crippen LogP contribution in [0.25, 0.3) is 0 Å². The molecule has 1 aromatic heterocycles. The van der Waals surface area contributed by atoms with Crippen molar-refractivity contribution in [3.63, 3.8) is 0 Å². The Labute approximate surface area is 124 Å². The third kappa shape index (κ3) is 5.47. The Bertz CT molecular complexity index is 558. The van der Waals surface area contributed by atoms with Crippen LogP contribution in [0.4, 0.5) is 14.5 Å². The van der Waals surface area contributed by atoms with E-state index >= 15 is 0 Å². The third-order valence-corrected chi connectivity index (χ3v) is 3.38. The highest BCUT2D eigenvalue weighted by Gasteiger charge is 2.06. The molecule has 2 aromatic rings. The molecule has 0 saturated carbocycles. The van der Waals surface area contributed by atoms with Crippen molar-refractivity contribution in [3.8, 4) is 5.75 Å². The molecule has 21 heavy (non-hydrogen) atoms. The van der Waals surface area contributed by atoms with Crippen LogP contribution in [0.1, 0.15) is 5.76 Å². The summed E-state index contributed by atoms with van der Waals surface area (Å²) >= 11 is 1.42. The second-order valence-electron chi connectivity index (χ2n) is 4.02. The number of hydrogen-bond donors (Lipinski definition) is 1. The number of nitrogens with one attached hydrogen (secondary N) is 1. The number of amides is 1. The molecule has 0 atom stereocenters. The first-order valence-corrected chi connectivity index (χ1v) is 7.24. The number of ether oxygens (including phenoxy) is 1. The molecule has 0 aliphatic carbocycles. The highest BCUT2D eigenvalue weighted by molar-refractivity contribution is 7.99. The van der Waals surface area contributed by atoms with Gasteiger partial charge in [0.25, 0.3) is 0 Å². The summed E-state index contributed by atoms with van der Waals surface area (Å²) in [5.41, 5.74) is 0.528. The molecule has 1 heterocycles. The molecule has 0 aliphatic rings. The number of hydrogen-bond acceptors (Lipinski definition) is 4. The van der Waals surface area contributed by atoms with Crippen molar-refractivity contribution >= 4 is 23.4 Å². The molecule has 0 bridgehead atoms. The maximum atomic E-state index is 12.0. The molecule has 0 spiro atoms. The predicted molar refractivity (Wildman–Crippen MR) is 76.6 cm³/mol. The van der Waals surface area contributed by atoms with Gasteiger partial charge < -0.3 is 14.5 Å². The van der Waals surface area contributed by atoms with Gasteiger partial charge in [-0.2, -0.15) is 8.78 Å². The first kappa shape index (κ1) is 15.4. The Balaban J connectivity index is 1.74. The first-order chi connectivity index (χ1) is 10.1. The van der Waals surface area contributed by atoms with Crippen LogP contribution in [0.2, 0.25) is 0 Å². The predicted octanol–water partition coefficient (Wildman–Crippen LogP) is 3.75. The molecular weight excluding hydrogens is 300 g/mol. The molecule has 0 aliphatic heterocycles. The zero-order chi connectivity index (χ0) is 15.1. The van der Waals surface area contributed by atoms with E-state index in [-0.39, 0.29) is 17.4 Å². The van der Waals surface area contributed by atoms with E-state index in [0.717, 1.165) is 5.76 Å². The topological polar surface area (TPSA) is 51.5 Å². The average Bonchev–Trinajstić information content (AvgIpc) is 2.93. The Hall–Kier alpha value is -2.02. The van der Waals surface area contributed by atoms with Gasteiger partial charge in [0.1, 0.15) is 11.5 Å². The van der Waals surface area contributed by atoms with E-state index in [1.807, 2.05) is 6.07 Å². The highest BCUT2D eigenvalue weighted by atomic mass is 32.2. The summed E-state index contributed by atoms with van der Waals surface area (Å²) in [5.74, 6) is 1.57. The SMILES string of the molecule is O=C(CSCc1ccco1)Nc1ccc(OC(F)F)cc1. The molecule has 0 unspecified atom stereocenters. The maximum Gasteiger partial charge on any atom is 0.387 e. The van der Waals surface area contributed by atoms with Crippen molar-refractivity contribution in [1.29, 1.82) is 0 Å².